The number of benzene rings is 2. The van der Waals surface area contributed by atoms with E-state index in [1.165, 1.54) is 11.1 Å². The Balaban J connectivity index is 1.17. The van der Waals surface area contributed by atoms with E-state index in [9.17, 15) is 9.59 Å². The van der Waals surface area contributed by atoms with E-state index in [2.05, 4.69) is 52.4 Å². The first kappa shape index (κ1) is 24.4. The number of piperazine rings is 1. The fourth-order valence-electron chi connectivity index (χ4n) is 4.92. The van der Waals surface area contributed by atoms with E-state index in [0.29, 0.717) is 19.5 Å². The molecule has 2 aliphatic rings. The highest BCUT2D eigenvalue weighted by Gasteiger charge is 2.29. The number of amides is 2. The summed E-state index contributed by atoms with van der Waals surface area (Å²) in [5, 5.41) is 3.28. The van der Waals surface area contributed by atoms with Gasteiger partial charge in [0.25, 0.3) is 0 Å². The Morgan fingerprint density at radius 2 is 1.53 bits per heavy atom. The second-order valence-corrected chi connectivity index (χ2v) is 9.80. The molecule has 2 fully saturated rings. The average Bonchev–Trinajstić information content (AvgIpc) is 2.87. The maximum absolute atomic E-state index is 12.9. The van der Waals surface area contributed by atoms with Gasteiger partial charge in [-0.15, -0.1) is 0 Å². The Morgan fingerprint density at radius 3 is 2.18 bits per heavy atom. The summed E-state index contributed by atoms with van der Waals surface area (Å²) in [7, 11) is 0. The van der Waals surface area contributed by atoms with Gasteiger partial charge in [-0.3, -0.25) is 19.4 Å². The molecule has 1 atom stereocenters. The second-order valence-electron chi connectivity index (χ2n) is 9.80. The molecule has 0 saturated carbocycles. The predicted octanol–water partition coefficient (Wildman–Crippen LogP) is 2.85. The quantitative estimate of drug-likeness (QED) is 0.688. The van der Waals surface area contributed by atoms with Crippen LogP contribution in [0.3, 0.4) is 0 Å². The average molecular weight is 463 g/mol. The molecule has 2 amide bonds. The highest BCUT2D eigenvalue weighted by Crippen LogP contribution is 2.15. The van der Waals surface area contributed by atoms with E-state index >= 15 is 0 Å². The molecule has 6 nitrogen and oxygen atoms in total. The minimum absolute atomic E-state index is 0.112. The number of carbonyl (C=O) groups is 2. The summed E-state index contributed by atoms with van der Waals surface area (Å²) in [5.74, 6) is 0.281. The zero-order valence-corrected chi connectivity index (χ0v) is 20.6. The number of likely N-dealkylation sites (tertiary alicyclic amines) is 1. The first-order valence-corrected chi connectivity index (χ1v) is 12.6. The van der Waals surface area contributed by atoms with Crippen LogP contribution in [0.5, 0.6) is 0 Å². The van der Waals surface area contributed by atoms with Gasteiger partial charge in [-0.05, 0) is 37.8 Å². The maximum Gasteiger partial charge on any atom is 0.237 e. The van der Waals surface area contributed by atoms with Gasteiger partial charge >= 0.3 is 0 Å². The van der Waals surface area contributed by atoms with Crippen molar-refractivity contribution in [2.45, 2.75) is 51.7 Å². The molecule has 182 valence electrons. The fourth-order valence-corrected chi connectivity index (χ4v) is 4.92. The van der Waals surface area contributed by atoms with Crippen molar-refractivity contribution in [1.29, 1.82) is 0 Å². The molecule has 6 heteroatoms. The van der Waals surface area contributed by atoms with E-state index in [1.807, 2.05) is 36.1 Å². The van der Waals surface area contributed by atoms with Crippen molar-refractivity contribution in [3.63, 3.8) is 0 Å². The summed E-state index contributed by atoms with van der Waals surface area (Å²) in [5.41, 5.74) is 3.60. The lowest BCUT2D eigenvalue weighted by molar-refractivity contribution is -0.133. The van der Waals surface area contributed by atoms with Crippen molar-refractivity contribution in [3.05, 3.63) is 71.3 Å². The lowest BCUT2D eigenvalue weighted by Crippen LogP contribution is -2.56. The summed E-state index contributed by atoms with van der Waals surface area (Å²) >= 11 is 0. The first-order chi connectivity index (χ1) is 16.5. The number of carbonyl (C=O) groups excluding carboxylic acids is 2. The normalized spacial score (nSPS) is 19.1. The molecule has 4 rings (SSSR count). The molecular weight excluding hydrogens is 424 g/mol. The van der Waals surface area contributed by atoms with Crippen molar-refractivity contribution in [1.82, 2.24) is 20.0 Å². The van der Waals surface area contributed by atoms with Crippen molar-refractivity contribution < 1.29 is 9.59 Å². The second kappa shape index (κ2) is 11.6. The number of rotatable bonds is 7. The molecule has 34 heavy (non-hydrogen) atoms. The van der Waals surface area contributed by atoms with Gasteiger partial charge in [-0.2, -0.15) is 0 Å². The molecule has 2 heterocycles. The van der Waals surface area contributed by atoms with Crippen LogP contribution in [0, 0.1) is 6.92 Å². The van der Waals surface area contributed by atoms with Crippen LogP contribution in [-0.2, 0) is 22.6 Å². The fraction of sp³-hybridized carbons (Fsp3) is 0.500. The standard InChI is InChI=1S/C28H38N4O2/c1-22-8-10-24(11-9-22)20-27(33)32-18-16-31(17-19-32)23(2)28(34)29-26-12-14-30(15-13-26)21-25-6-4-3-5-7-25/h3-11,23,26H,12-21H2,1-2H3,(H,29,34). The first-order valence-electron chi connectivity index (χ1n) is 12.6. The Labute approximate surface area is 203 Å². The molecule has 2 saturated heterocycles. The van der Waals surface area contributed by atoms with Gasteiger partial charge < -0.3 is 10.2 Å². The van der Waals surface area contributed by atoms with Gasteiger partial charge in [-0.25, -0.2) is 0 Å². The van der Waals surface area contributed by atoms with Crippen LogP contribution in [0.25, 0.3) is 0 Å². The van der Waals surface area contributed by atoms with Crippen molar-refractivity contribution in [3.8, 4) is 0 Å². The SMILES string of the molecule is Cc1ccc(CC(=O)N2CCN(C(C)C(=O)NC3CCN(Cc4ccccc4)CC3)CC2)cc1. The molecule has 2 aromatic carbocycles. The molecule has 2 aromatic rings. The Kier molecular flexibility index (Phi) is 8.35. The van der Waals surface area contributed by atoms with Crippen LogP contribution in [0.15, 0.2) is 54.6 Å². The minimum Gasteiger partial charge on any atom is -0.352 e. The largest absolute Gasteiger partial charge is 0.352 e. The molecule has 0 bridgehead atoms. The smallest absolute Gasteiger partial charge is 0.237 e. The topological polar surface area (TPSA) is 55.9 Å². The Morgan fingerprint density at radius 1 is 0.882 bits per heavy atom. The van der Waals surface area contributed by atoms with E-state index in [4.69, 9.17) is 0 Å². The highest BCUT2D eigenvalue weighted by atomic mass is 16.2. The van der Waals surface area contributed by atoms with Crippen LogP contribution in [-0.4, -0.2) is 77.9 Å². The van der Waals surface area contributed by atoms with Crippen molar-refractivity contribution in [2.75, 3.05) is 39.3 Å². The van der Waals surface area contributed by atoms with Gasteiger partial charge in [0.15, 0.2) is 0 Å². The van der Waals surface area contributed by atoms with Gasteiger partial charge in [0, 0.05) is 51.9 Å². The molecule has 0 radical (unpaired) electrons. The number of aryl methyl sites for hydroxylation is 1. The summed E-state index contributed by atoms with van der Waals surface area (Å²) in [6.07, 6.45) is 2.43. The monoisotopic (exact) mass is 462 g/mol. The molecule has 1 N–H and O–H groups in total. The van der Waals surface area contributed by atoms with Crippen LogP contribution < -0.4 is 5.32 Å². The van der Waals surface area contributed by atoms with Gasteiger partial charge in [0.1, 0.15) is 0 Å². The Bertz CT molecular complexity index is 931. The number of hydrogen-bond acceptors (Lipinski definition) is 4. The van der Waals surface area contributed by atoms with Crippen molar-refractivity contribution in [2.24, 2.45) is 0 Å². The van der Waals surface area contributed by atoms with Gasteiger partial charge in [0.05, 0.1) is 12.5 Å². The summed E-state index contributed by atoms with van der Waals surface area (Å²) < 4.78 is 0. The third-order valence-electron chi connectivity index (χ3n) is 7.25. The molecule has 1 unspecified atom stereocenters. The van der Waals surface area contributed by atoms with Crippen LogP contribution >= 0.6 is 0 Å². The summed E-state index contributed by atoms with van der Waals surface area (Å²) in [6, 6.07) is 18.8. The van der Waals surface area contributed by atoms with E-state index in [1.54, 1.807) is 0 Å². The molecule has 0 spiro atoms. The third-order valence-corrected chi connectivity index (χ3v) is 7.25. The lowest BCUT2D eigenvalue weighted by Gasteiger charge is -2.38. The van der Waals surface area contributed by atoms with E-state index in [0.717, 1.165) is 51.1 Å². The van der Waals surface area contributed by atoms with Crippen LogP contribution in [0.4, 0.5) is 0 Å². The van der Waals surface area contributed by atoms with Gasteiger partial charge in [0.2, 0.25) is 11.8 Å². The molecular formula is C28H38N4O2. The molecule has 2 aliphatic heterocycles. The number of nitrogens with zero attached hydrogens (tertiary/aromatic N) is 3. The zero-order chi connectivity index (χ0) is 23.9. The lowest BCUT2D eigenvalue weighted by atomic mass is 10.0. The minimum atomic E-state index is -0.170. The van der Waals surface area contributed by atoms with E-state index < -0.39 is 0 Å². The molecule has 0 aliphatic carbocycles. The predicted molar refractivity (Wildman–Crippen MR) is 135 cm³/mol. The number of nitrogens with one attached hydrogen (secondary N) is 1. The highest BCUT2D eigenvalue weighted by molar-refractivity contribution is 5.82. The number of piperidine rings is 1. The Hall–Kier alpha value is -2.70. The van der Waals surface area contributed by atoms with Crippen molar-refractivity contribution >= 4 is 11.8 Å². The maximum atomic E-state index is 12.9. The van der Waals surface area contributed by atoms with Gasteiger partial charge in [-0.1, -0.05) is 60.2 Å². The zero-order valence-electron chi connectivity index (χ0n) is 20.6. The molecule has 0 aromatic heterocycles. The third kappa shape index (κ3) is 6.67. The number of hydrogen-bond donors (Lipinski definition) is 1. The summed E-state index contributed by atoms with van der Waals surface area (Å²) in [6.45, 7) is 9.88. The van der Waals surface area contributed by atoms with E-state index in [-0.39, 0.29) is 23.9 Å². The summed E-state index contributed by atoms with van der Waals surface area (Å²) in [4.78, 5) is 32.2. The van der Waals surface area contributed by atoms with Crippen LogP contribution in [0.1, 0.15) is 36.5 Å². The van der Waals surface area contributed by atoms with Crippen LogP contribution in [0.2, 0.25) is 0 Å².